The summed E-state index contributed by atoms with van der Waals surface area (Å²) < 4.78 is 11.4. The van der Waals surface area contributed by atoms with Crippen molar-refractivity contribution < 1.29 is 9.47 Å². The van der Waals surface area contributed by atoms with Crippen LogP contribution in [-0.2, 0) is 17.8 Å². The molecule has 3 heteroatoms. The van der Waals surface area contributed by atoms with Crippen LogP contribution in [0.4, 0.5) is 0 Å². The topological polar surface area (TPSA) is 18.5 Å². The standard InChI is InChI=1S/C20H25ClO2/c21-14-5-2-6-15-22-16-13-18-9-11-20(12-10-18)23-17-19-7-3-1-4-8-19/h1,3-4,7-12H,2,5-6,13-17H2. The molecule has 0 bridgehead atoms. The molecule has 0 atom stereocenters. The van der Waals surface area contributed by atoms with Crippen molar-refractivity contribution in [3.05, 3.63) is 65.7 Å². The fraction of sp³-hybridized carbons (Fsp3) is 0.400. The molecule has 0 aromatic heterocycles. The van der Waals surface area contributed by atoms with Gasteiger partial charge in [-0.05, 0) is 48.9 Å². The van der Waals surface area contributed by atoms with Crippen LogP contribution in [0, 0.1) is 0 Å². The number of alkyl halides is 1. The third-order valence-corrected chi connectivity index (χ3v) is 3.90. The number of hydrogen-bond acceptors (Lipinski definition) is 2. The molecule has 0 aliphatic carbocycles. The molecule has 0 N–H and O–H groups in total. The Bertz CT molecular complexity index is 525. The number of ether oxygens (including phenoxy) is 2. The Kier molecular flexibility index (Phi) is 8.60. The molecule has 0 aliphatic heterocycles. The zero-order valence-corrected chi connectivity index (χ0v) is 14.3. The largest absolute Gasteiger partial charge is 0.489 e. The number of halogens is 1. The molecule has 0 unspecified atom stereocenters. The average Bonchev–Trinajstić information content (AvgIpc) is 2.61. The molecule has 0 aliphatic rings. The number of rotatable bonds is 11. The van der Waals surface area contributed by atoms with Gasteiger partial charge in [0.25, 0.3) is 0 Å². The van der Waals surface area contributed by atoms with Crippen molar-refractivity contribution in [1.29, 1.82) is 0 Å². The summed E-state index contributed by atoms with van der Waals surface area (Å²) in [7, 11) is 0. The van der Waals surface area contributed by atoms with Gasteiger partial charge in [0.15, 0.2) is 0 Å². The minimum absolute atomic E-state index is 0.603. The van der Waals surface area contributed by atoms with Gasteiger partial charge in [0.05, 0.1) is 6.61 Å². The van der Waals surface area contributed by atoms with Crippen molar-refractivity contribution in [2.24, 2.45) is 0 Å². The van der Waals surface area contributed by atoms with Crippen LogP contribution < -0.4 is 4.74 Å². The Labute approximate surface area is 144 Å². The predicted molar refractivity (Wildman–Crippen MR) is 96.3 cm³/mol. The SMILES string of the molecule is ClCCCCCOCCc1ccc(OCc2ccccc2)cc1. The first kappa shape index (κ1) is 17.8. The highest BCUT2D eigenvalue weighted by Crippen LogP contribution is 2.14. The molecular weight excluding hydrogens is 308 g/mol. The zero-order valence-electron chi connectivity index (χ0n) is 13.5. The Morgan fingerprint density at radius 2 is 1.52 bits per heavy atom. The van der Waals surface area contributed by atoms with Crippen LogP contribution in [0.1, 0.15) is 30.4 Å². The van der Waals surface area contributed by atoms with E-state index in [1.807, 2.05) is 30.3 Å². The van der Waals surface area contributed by atoms with Gasteiger partial charge in [-0.1, -0.05) is 42.5 Å². The van der Waals surface area contributed by atoms with Gasteiger partial charge in [-0.25, -0.2) is 0 Å². The van der Waals surface area contributed by atoms with Gasteiger partial charge in [-0.3, -0.25) is 0 Å². The van der Waals surface area contributed by atoms with Crippen molar-refractivity contribution >= 4 is 11.6 Å². The third kappa shape index (κ3) is 7.54. The van der Waals surface area contributed by atoms with E-state index in [9.17, 15) is 0 Å². The van der Waals surface area contributed by atoms with Crippen molar-refractivity contribution in [1.82, 2.24) is 0 Å². The maximum Gasteiger partial charge on any atom is 0.119 e. The van der Waals surface area contributed by atoms with E-state index in [0.29, 0.717) is 6.61 Å². The molecule has 0 spiro atoms. The van der Waals surface area contributed by atoms with E-state index in [-0.39, 0.29) is 0 Å². The highest BCUT2D eigenvalue weighted by Gasteiger charge is 1.98. The van der Waals surface area contributed by atoms with Crippen molar-refractivity contribution in [2.75, 3.05) is 19.1 Å². The molecule has 0 heterocycles. The van der Waals surface area contributed by atoms with Crippen LogP contribution in [0.5, 0.6) is 5.75 Å². The molecule has 2 aromatic carbocycles. The monoisotopic (exact) mass is 332 g/mol. The van der Waals surface area contributed by atoms with Crippen molar-refractivity contribution in [2.45, 2.75) is 32.3 Å². The first-order valence-corrected chi connectivity index (χ1v) is 8.81. The second-order valence-electron chi connectivity index (χ2n) is 5.53. The Hall–Kier alpha value is -1.51. The molecule has 0 saturated heterocycles. The predicted octanol–water partition coefficient (Wildman–Crippen LogP) is 5.23. The second-order valence-corrected chi connectivity index (χ2v) is 5.91. The summed E-state index contributed by atoms with van der Waals surface area (Å²) >= 11 is 5.64. The van der Waals surface area contributed by atoms with Gasteiger partial charge in [-0.15, -0.1) is 11.6 Å². The summed E-state index contributed by atoms with van der Waals surface area (Å²) in [5, 5.41) is 0. The van der Waals surface area contributed by atoms with E-state index in [4.69, 9.17) is 21.1 Å². The molecule has 124 valence electrons. The highest BCUT2D eigenvalue weighted by atomic mass is 35.5. The van der Waals surface area contributed by atoms with Gasteiger partial charge >= 0.3 is 0 Å². The van der Waals surface area contributed by atoms with E-state index in [0.717, 1.165) is 50.5 Å². The molecule has 2 rings (SSSR count). The summed E-state index contributed by atoms with van der Waals surface area (Å²) in [6.45, 7) is 2.20. The number of hydrogen-bond donors (Lipinski definition) is 0. The summed E-state index contributed by atoms with van der Waals surface area (Å²) in [5.74, 6) is 1.65. The van der Waals surface area contributed by atoms with E-state index in [2.05, 4.69) is 24.3 Å². The summed E-state index contributed by atoms with van der Waals surface area (Å²) in [6, 6.07) is 18.5. The Balaban J connectivity index is 1.62. The maximum atomic E-state index is 5.79. The normalized spacial score (nSPS) is 10.7. The first-order valence-electron chi connectivity index (χ1n) is 8.28. The molecule has 0 fully saturated rings. The van der Waals surface area contributed by atoms with Gasteiger partial charge in [0.2, 0.25) is 0 Å². The van der Waals surface area contributed by atoms with Crippen LogP contribution in [0.3, 0.4) is 0 Å². The second kappa shape index (κ2) is 11.1. The maximum absolute atomic E-state index is 5.79. The molecular formula is C20H25ClO2. The van der Waals surface area contributed by atoms with Crippen LogP contribution in [0.2, 0.25) is 0 Å². The number of unbranched alkanes of at least 4 members (excludes halogenated alkanes) is 2. The van der Waals surface area contributed by atoms with Gasteiger partial charge in [0.1, 0.15) is 12.4 Å². The first-order chi connectivity index (χ1) is 11.4. The lowest BCUT2D eigenvalue weighted by Gasteiger charge is -2.08. The van der Waals surface area contributed by atoms with E-state index >= 15 is 0 Å². The van der Waals surface area contributed by atoms with Crippen LogP contribution in [0.15, 0.2) is 54.6 Å². The highest BCUT2D eigenvalue weighted by molar-refractivity contribution is 6.17. The molecule has 0 saturated carbocycles. The van der Waals surface area contributed by atoms with Gasteiger partial charge in [0, 0.05) is 12.5 Å². The fourth-order valence-electron chi connectivity index (χ4n) is 2.26. The van der Waals surface area contributed by atoms with E-state index < -0.39 is 0 Å². The van der Waals surface area contributed by atoms with Crippen LogP contribution >= 0.6 is 11.6 Å². The van der Waals surface area contributed by atoms with Crippen molar-refractivity contribution in [3.63, 3.8) is 0 Å². The Morgan fingerprint density at radius 3 is 2.26 bits per heavy atom. The molecule has 2 aromatic rings. The van der Waals surface area contributed by atoms with E-state index in [1.165, 1.54) is 11.1 Å². The lowest BCUT2D eigenvalue weighted by Crippen LogP contribution is -2.01. The van der Waals surface area contributed by atoms with E-state index in [1.54, 1.807) is 0 Å². The minimum Gasteiger partial charge on any atom is -0.489 e. The lowest BCUT2D eigenvalue weighted by molar-refractivity contribution is 0.133. The van der Waals surface area contributed by atoms with Crippen LogP contribution in [-0.4, -0.2) is 19.1 Å². The molecule has 23 heavy (non-hydrogen) atoms. The third-order valence-electron chi connectivity index (χ3n) is 3.63. The van der Waals surface area contributed by atoms with Gasteiger partial charge in [-0.2, -0.15) is 0 Å². The molecule has 0 amide bonds. The average molecular weight is 333 g/mol. The summed E-state index contributed by atoms with van der Waals surface area (Å²) in [4.78, 5) is 0. The lowest BCUT2D eigenvalue weighted by atomic mass is 10.1. The van der Waals surface area contributed by atoms with Gasteiger partial charge < -0.3 is 9.47 Å². The fourth-order valence-corrected chi connectivity index (χ4v) is 2.45. The molecule has 0 radical (unpaired) electrons. The minimum atomic E-state index is 0.603. The summed E-state index contributed by atoms with van der Waals surface area (Å²) in [6.07, 6.45) is 4.26. The van der Waals surface area contributed by atoms with Crippen molar-refractivity contribution in [3.8, 4) is 5.75 Å². The quantitative estimate of drug-likeness (QED) is 0.414. The summed E-state index contributed by atoms with van der Waals surface area (Å²) in [5.41, 5.74) is 2.46. The Morgan fingerprint density at radius 1 is 0.739 bits per heavy atom. The zero-order chi connectivity index (χ0) is 16.2. The molecule has 2 nitrogen and oxygen atoms in total. The smallest absolute Gasteiger partial charge is 0.119 e. The van der Waals surface area contributed by atoms with Crippen LogP contribution in [0.25, 0.3) is 0 Å². The number of benzene rings is 2.